The lowest BCUT2D eigenvalue weighted by molar-refractivity contribution is -0.186. The highest BCUT2D eigenvalue weighted by molar-refractivity contribution is 5.90. The molecule has 0 spiro atoms. The molecule has 0 aromatic heterocycles. The number of carbonyl (C=O) groups is 3. The minimum atomic E-state index is -1.03. The number of aliphatic hydroxyl groups is 1. The van der Waals surface area contributed by atoms with E-state index in [4.69, 9.17) is 23.7 Å². The van der Waals surface area contributed by atoms with Gasteiger partial charge in [0.2, 0.25) is 6.29 Å². The van der Waals surface area contributed by atoms with Gasteiger partial charge in [0, 0.05) is 18.8 Å². The minimum absolute atomic E-state index is 0.00216. The molecule has 2 fully saturated rings. The van der Waals surface area contributed by atoms with Crippen molar-refractivity contribution in [1.29, 1.82) is 0 Å². The zero-order valence-corrected chi connectivity index (χ0v) is 23.0. The summed E-state index contributed by atoms with van der Waals surface area (Å²) in [5.41, 5.74) is 0.947. The van der Waals surface area contributed by atoms with Crippen LogP contribution in [-0.4, -0.2) is 60.0 Å². The van der Waals surface area contributed by atoms with Gasteiger partial charge in [0.05, 0.1) is 23.3 Å². The van der Waals surface area contributed by atoms with Crippen LogP contribution >= 0.6 is 0 Å². The number of aliphatic hydroxyl groups excluding tert-OH is 1. The molecule has 0 aliphatic carbocycles. The van der Waals surface area contributed by atoms with E-state index in [1.54, 1.807) is 48.5 Å². The van der Waals surface area contributed by atoms with Gasteiger partial charge in [-0.3, -0.25) is 4.79 Å². The maximum absolute atomic E-state index is 12.2. The van der Waals surface area contributed by atoms with Gasteiger partial charge in [0.25, 0.3) is 0 Å². The van der Waals surface area contributed by atoms with Gasteiger partial charge in [0.15, 0.2) is 18.5 Å². The fourth-order valence-electron chi connectivity index (χ4n) is 4.74. The summed E-state index contributed by atoms with van der Waals surface area (Å²) in [6, 6.07) is 17.5. The first-order valence-corrected chi connectivity index (χ1v) is 13.3. The van der Waals surface area contributed by atoms with Crippen molar-refractivity contribution in [3.8, 4) is 0 Å². The third kappa shape index (κ3) is 7.88. The molecule has 0 amide bonds. The molecule has 8 atom stereocenters. The Hall–Kier alpha value is -3.27. The number of hydrogen-bond acceptors (Lipinski definition) is 9. The quantitative estimate of drug-likeness (QED) is 0.398. The van der Waals surface area contributed by atoms with Crippen molar-refractivity contribution in [2.75, 3.05) is 0 Å². The fourth-order valence-corrected chi connectivity index (χ4v) is 4.74. The first kappa shape index (κ1) is 30.3. The van der Waals surface area contributed by atoms with Crippen LogP contribution in [0.15, 0.2) is 60.7 Å². The number of benzene rings is 2. The van der Waals surface area contributed by atoms with E-state index >= 15 is 0 Å². The lowest BCUT2D eigenvalue weighted by atomic mass is 9.99. The lowest BCUT2D eigenvalue weighted by Gasteiger charge is -2.21. The molecule has 2 aromatic rings. The molecule has 9 nitrogen and oxygen atoms in total. The van der Waals surface area contributed by atoms with E-state index in [0.29, 0.717) is 11.1 Å². The molecule has 4 rings (SSSR count). The zero-order valence-electron chi connectivity index (χ0n) is 23.0. The van der Waals surface area contributed by atoms with Crippen molar-refractivity contribution >= 4 is 17.9 Å². The van der Waals surface area contributed by atoms with E-state index in [0.717, 1.165) is 12.8 Å². The second-order valence-corrected chi connectivity index (χ2v) is 9.72. The standard InChI is InChI=1S/C16H20O5.C14H18O4/c1-4-13-10(2)14(16(20-13)19-11(3)17)21-15(18)12-8-6-5-7-9-12;1-3-11-9(2)12(14(16)17-11)18-13(15)10-7-5-4-6-8-10/h5-10,13-14,16H,4H2,1-3H3;4-9,11-12,14,16H,3H2,1-2H3/t10-,13-,14-,16-;9-,11-,12-,14?/m11/s1. The normalized spacial score (nSPS) is 29.6. The summed E-state index contributed by atoms with van der Waals surface area (Å²) in [5, 5.41) is 9.76. The molecule has 0 radical (unpaired) electrons. The predicted octanol–water partition coefficient (Wildman–Crippen LogP) is 4.52. The number of carbonyl (C=O) groups excluding carboxylic acids is 3. The first-order chi connectivity index (χ1) is 18.7. The van der Waals surface area contributed by atoms with Gasteiger partial charge in [0.1, 0.15) is 0 Å². The van der Waals surface area contributed by atoms with Crippen LogP contribution in [0.5, 0.6) is 0 Å². The van der Waals surface area contributed by atoms with Crippen LogP contribution in [-0.2, 0) is 28.5 Å². The van der Waals surface area contributed by atoms with Gasteiger partial charge in [-0.1, -0.05) is 64.1 Å². The van der Waals surface area contributed by atoms with Crippen LogP contribution in [0, 0.1) is 11.8 Å². The van der Waals surface area contributed by atoms with Crippen LogP contribution in [0.2, 0.25) is 0 Å². The molecule has 1 N–H and O–H groups in total. The summed E-state index contributed by atoms with van der Waals surface area (Å²) in [4.78, 5) is 35.2. The van der Waals surface area contributed by atoms with Gasteiger partial charge < -0.3 is 28.8 Å². The van der Waals surface area contributed by atoms with Gasteiger partial charge in [-0.15, -0.1) is 0 Å². The van der Waals surface area contributed by atoms with E-state index in [1.165, 1.54) is 6.92 Å². The minimum Gasteiger partial charge on any atom is -0.453 e. The van der Waals surface area contributed by atoms with Crippen LogP contribution in [0.25, 0.3) is 0 Å². The zero-order chi connectivity index (χ0) is 28.5. The average molecular weight is 543 g/mol. The molecule has 2 aromatic carbocycles. The number of esters is 3. The maximum Gasteiger partial charge on any atom is 0.338 e. The second-order valence-electron chi connectivity index (χ2n) is 9.72. The molecule has 9 heteroatoms. The van der Waals surface area contributed by atoms with Crippen molar-refractivity contribution in [2.45, 2.75) is 84.5 Å². The van der Waals surface area contributed by atoms with E-state index in [2.05, 4.69) is 0 Å². The Morgan fingerprint density at radius 2 is 1.15 bits per heavy atom. The van der Waals surface area contributed by atoms with Crippen LogP contribution in [0.3, 0.4) is 0 Å². The maximum atomic E-state index is 12.2. The van der Waals surface area contributed by atoms with Gasteiger partial charge >= 0.3 is 17.9 Å². The molecule has 2 aliphatic rings. The molecule has 2 aliphatic heterocycles. The summed E-state index contributed by atoms with van der Waals surface area (Å²) in [5.74, 6) is -1.36. The topological polar surface area (TPSA) is 118 Å². The first-order valence-electron chi connectivity index (χ1n) is 13.3. The van der Waals surface area contributed by atoms with E-state index in [9.17, 15) is 19.5 Å². The molecular formula is C30H38O9. The van der Waals surface area contributed by atoms with Crippen LogP contribution in [0.4, 0.5) is 0 Å². The van der Waals surface area contributed by atoms with Crippen molar-refractivity contribution in [2.24, 2.45) is 11.8 Å². The van der Waals surface area contributed by atoms with Crippen molar-refractivity contribution in [3.63, 3.8) is 0 Å². The Morgan fingerprint density at radius 1 is 0.718 bits per heavy atom. The van der Waals surface area contributed by atoms with Crippen molar-refractivity contribution in [3.05, 3.63) is 71.8 Å². The second kappa shape index (κ2) is 14.2. The highest BCUT2D eigenvalue weighted by atomic mass is 16.7. The molecule has 0 bridgehead atoms. The molecular weight excluding hydrogens is 504 g/mol. The molecule has 212 valence electrons. The van der Waals surface area contributed by atoms with Crippen LogP contribution < -0.4 is 0 Å². The highest BCUT2D eigenvalue weighted by Gasteiger charge is 2.46. The number of rotatable bonds is 7. The Morgan fingerprint density at radius 3 is 1.59 bits per heavy atom. The molecule has 1 unspecified atom stereocenters. The Labute approximate surface area is 229 Å². The monoisotopic (exact) mass is 542 g/mol. The summed E-state index contributed by atoms with van der Waals surface area (Å²) >= 11 is 0. The third-order valence-corrected chi connectivity index (χ3v) is 6.97. The van der Waals surface area contributed by atoms with Gasteiger partial charge in [-0.25, -0.2) is 9.59 Å². The highest BCUT2D eigenvalue weighted by Crippen LogP contribution is 2.33. The van der Waals surface area contributed by atoms with E-state index in [-0.39, 0.29) is 24.0 Å². The molecule has 0 saturated carbocycles. The van der Waals surface area contributed by atoms with Crippen molar-refractivity contribution < 1.29 is 43.2 Å². The van der Waals surface area contributed by atoms with Gasteiger partial charge in [-0.2, -0.15) is 0 Å². The van der Waals surface area contributed by atoms with Gasteiger partial charge in [-0.05, 0) is 37.1 Å². The lowest BCUT2D eigenvalue weighted by Crippen LogP contribution is -2.34. The number of ether oxygens (including phenoxy) is 5. The SMILES string of the molecule is CC[C@H]1OC(O)[C@H](OC(=O)c2ccccc2)[C@@H]1C.CC[C@H]1O[C@@H](OC(C)=O)[C@H](OC(=O)c2ccccc2)[C@@H]1C. The third-order valence-electron chi connectivity index (χ3n) is 6.97. The van der Waals surface area contributed by atoms with Crippen molar-refractivity contribution in [1.82, 2.24) is 0 Å². The predicted molar refractivity (Wildman–Crippen MR) is 142 cm³/mol. The fraction of sp³-hybridized carbons (Fsp3) is 0.500. The summed E-state index contributed by atoms with van der Waals surface area (Å²) in [6.07, 6.45) is -1.66. The molecule has 39 heavy (non-hydrogen) atoms. The van der Waals surface area contributed by atoms with Crippen LogP contribution in [0.1, 0.15) is 68.2 Å². The summed E-state index contributed by atoms with van der Waals surface area (Å²) < 4.78 is 27.0. The molecule has 2 heterocycles. The van der Waals surface area contributed by atoms with E-state index in [1.807, 2.05) is 39.8 Å². The number of hydrogen-bond donors (Lipinski definition) is 1. The largest absolute Gasteiger partial charge is 0.453 e. The summed E-state index contributed by atoms with van der Waals surface area (Å²) in [6.45, 7) is 9.12. The Bertz CT molecular complexity index is 1070. The smallest absolute Gasteiger partial charge is 0.338 e. The Balaban J connectivity index is 0.000000218. The van der Waals surface area contributed by atoms with E-state index < -0.39 is 42.7 Å². The summed E-state index contributed by atoms with van der Waals surface area (Å²) in [7, 11) is 0. The average Bonchev–Trinajstić information content (AvgIpc) is 3.38. The Kier molecular flexibility index (Phi) is 11.0. The molecule has 2 saturated heterocycles.